The maximum Gasteiger partial charge on any atom is 0.254 e. The molecule has 0 unspecified atom stereocenters. The molecular weight excluding hydrogens is 354 g/mol. The van der Waals surface area contributed by atoms with Gasteiger partial charge in [-0.2, -0.15) is 0 Å². The highest BCUT2D eigenvalue weighted by atomic mass is 16.5. The van der Waals surface area contributed by atoms with Gasteiger partial charge >= 0.3 is 0 Å². The van der Waals surface area contributed by atoms with Crippen molar-refractivity contribution in [2.45, 2.75) is 25.4 Å². The number of methoxy groups -OCH3 is 1. The summed E-state index contributed by atoms with van der Waals surface area (Å²) in [4.78, 5) is 15.1. The van der Waals surface area contributed by atoms with Crippen LogP contribution in [0.2, 0.25) is 0 Å². The highest BCUT2D eigenvalue weighted by Crippen LogP contribution is 2.31. The van der Waals surface area contributed by atoms with E-state index in [1.165, 1.54) is 5.56 Å². The molecule has 5 heteroatoms. The largest absolute Gasteiger partial charge is 0.493 e. The average Bonchev–Trinajstić information content (AvgIpc) is 3.41. The summed E-state index contributed by atoms with van der Waals surface area (Å²) in [5.41, 5.74) is 4.09. The molecule has 1 amide bonds. The van der Waals surface area contributed by atoms with Crippen molar-refractivity contribution in [2.24, 2.45) is 0 Å². The van der Waals surface area contributed by atoms with E-state index in [4.69, 9.17) is 14.2 Å². The molecule has 0 saturated carbocycles. The molecule has 5 nitrogen and oxygen atoms in total. The molecule has 4 rings (SSSR count). The first-order valence-corrected chi connectivity index (χ1v) is 10.0. The van der Waals surface area contributed by atoms with E-state index >= 15 is 0 Å². The van der Waals surface area contributed by atoms with Crippen LogP contribution in [0.4, 0.5) is 0 Å². The van der Waals surface area contributed by atoms with Gasteiger partial charge in [0.1, 0.15) is 5.75 Å². The maximum atomic E-state index is 13.2. The third-order valence-corrected chi connectivity index (χ3v) is 5.43. The van der Waals surface area contributed by atoms with E-state index in [1.807, 2.05) is 35.2 Å². The molecule has 0 radical (unpaired) electrons. The van der Waals surface area contributed by atoms with E-state index < -0.39 is 0 Å². The minimum Gasteiger partial charge on any atom is -0.493 e. The van der Waals surface area contributed by atoms with E-state index in [9.17, 15) is 4.79 Å². The first-order valence-electron chi connectivity index (χ1n) is 10.0. The molecule has 2 aliphatic rings. The predicted molar refractivity (Wildman–Crippen MR) is 108 cm³/mol. The number of hydrogen-bond acceptors (Lipinski definition) is 4. The Labute approximate surface area is 166 Å². The Morgan fingerprint density at radius 1 is 1.18 bits per heavy atom. The van der Waals surface area contributed by atoms with Gasteiger partial charge in [0.25, 0.3) is 5.91 Å². The van der Waals surface area contributed by atoms with Crippen molar-refractivity contribution in [3.05, 3.63) is 53.6 Å². The molecular formula is C23H27NO4. The molecule has 2 heterocycles. The second kappa shape index (κ2) is 8.76. The van der Waals surface area contributed by atoms with Gasteiger partial charge in [-0.3, -0.25) is 4.79 Å². The summed E-state index contributed by atoms with van der Waals surface area (Å²) < 4.78 is 16.5. The molecule has 148 valence electrons. The van der Waals surface area contributed by atoms with Crippen LogP contribution in [0, 0.1) is 0 Å². The molecule has 1 saturated heterocycles. The number of carbonyl (C=O) groups excluding carboxylic acids is 1. The molecule has 28 heavy (non-hydrogen) atoms. The van der Waals surface area contributed by atoms with Crippen LogP contribution in [0.25, 0.3) is 11.1 Å². The lowest BCUT2D eigenvalue weighted by Crippen LogP contribution is -2.39. The van der Waals surface area contributed by atoms with Crippen LogP contribution in [0.1, 0.15) is 28.8 Å². The Balaban J connectivity index is 1.55. The fourth-order valence-electron chi connectivity index (χ4n) is 3.89. The minimum absolute atomic E-state index is 0.0268. The van der Waals surface area contributed by atoms with Gasteiger partial charge in [0.2, 0.25) is 0 Å². The van der Waals surface area contributed by atoms with Crippen LogP contribution in [0.5, 0.6) is 5.75 Å². The highest BCUT2D eigenvalue weighted by molar-refractivity contribution is 5.95. The quantitative estimate of drug-likeness (QED) is 0.736. The second-order valence-electron chi connectivity index (χ2n) is 7.38. The van der Waals surface area contributed by atoms with Crippen molar-refractivity contribution < 1.29 is 19.0 Å². The normalized spacial score (nSPS) is 18.0. The van der Waals surface area contributed by atoms with Crippen molar-refractivity contribution >= 4 is 5.91 Å². The number of nitrogens with zero attached hydrogens (tertiary/aromatic N) is 1. The van der Waals surface area contributed by atoms with Gasteiger partial charge in [0, 0.05) is 38.8 Å². The fraction of sp³-hybridized carbons (Fsp3) is 0.435. The number of ether oxygens (including phenoxy) is 3. The summed E-state index contributed by atoms with van der Waals surface area (Å²) >= 11 is 0. The van der Waals surface area contributed by atoms with E-state index in [-0.39, 0.29) is 12.0 Å². The van der Waals surface area contributed by atoms with Gasteiger partial charge in [0.05, 0.1) is 19.3 Å². The molecule has 0 bridgehead atoms. The molecule has 0 N–H and O–H groups in total. The van der Waals surface area contributed by atoms with Crippen LogP contribution < -0.4 is 4.74 Å². The van der Waals surface area contributed by atoms with Gasteiger partial charge in [-0.15, -0.1) is 0 Å². The summed E-state index contributed by atoms with van der Waals surface area (Å²) in [6.45, 7) is 3.23. The fourth-order valence-corrected chi connectivity index (χ4v) is 3.89. The lowest BCUT2D eigenvalue weighted by Gasteiger charge is -2.25. The summed E-state index contributed by atoms with van der Waals surface area (Å²) in [6, 6.07) is 14.1. The zero-order chi connectivity index (χ0) is 19.3. The molecule has 2 aliphatic heterocycles. The van der Waals surface area contributed by atoms with Crippen LogP contribution in [-0.2, 0) is 15.9 Å². The lowest BCUT2D eigenvalue weighted by atomic mass is 9.99. The Morgan fingerprint density at radius 3 is 2.89 bits per heavy atom. The number of carbonyl (C=O) groups is 1. The van der Waals surface area contributed by atoms with Gasteiger partial charge in [-0.25, -0.2) is 0 Å². The minimum atomic E-state index is 0.0268. The lowest BCUT2D eigenvalue weighted by molar-refractivity contribution is 0.0456. The summed E-state index contributed by atoms with van der Waals surface area (Å²) in [7, 11) is 1.66. The van der Waals surface area contributed by atoms with E-state index in [0.29, 0.717) is 25.3 Å². The number of amides is 1. The van der Waals surface area contributed by atoms with Crippen LogP contribution in [0.3, 0.4) is 0 Å². The Hall–Kier alpha value is -2.37. The number of hydrogen-bond donors (Lipinski definition) is 0. The Morgan fingerprint density at radius 2 is 2.07 bits per heavy atom. The van der Waals surface area contributed by atoms with Crippen molar-refractivity contribution in [1.82, 2.24) is 4.90 Å². The van der Waals surface area contributed by atoms with Gasteiger partial charge in [-0.1, -0.05) is 18.2 Å². The van der Waals surface area contributed by atoms with E-state index in [1.54, 1.807) is 7.11 Å². The smallest absolute Gasteiger partial charge is 0.254 e. The van der Waals surface area contributed by atoms with Crippen LogP contribution in [-0.4, -0.2) is 56.9 Å². The highest BCUT2D eigenvalue weighted by Gasteiger charge is 2.23. The molecule has 1 atom stereocenters. The van der Waals surface area contributed by atoms with Gasteiger partial charge in [-0.05, 0) is 53.8 Å². The van der Waals surface area contributed by atoms with Crippen LogP contribution in [0.15, 0.2) is 42.5 Å². The zero-order valence-corrected chi connectivity index (χ0v) is 16.4. The zero-order valence-electron chi connectivity index (χ0n) is 16.4. The standard InChI is InChI=1S/C23H27NO4/c1-26-13-10-24(16-21-6-3-11-27-21)23(25)20-5-2-4-17(15-20)18-7-8-22-19(14-18)9-12-28-22/h2,4-5,7-8,14-15,21H,3,6,9-13,16H2,1H3/t21-/m0/s1. The van der Waals surface area contributed by atoms with Crippen molar-refractivity contribution in [2.75, 3.05) is 40.0 Å². The first-order chi connectivity index (χ1) is 13.7. The number of rotatable bonds is 7. The monoisotopic (exact) mass is 381 g/mol. The number of benzene rings is 2. The first kappa shape index (κ1) is 19.0. The average molecular weight is 381 g/mol. The molecule has 0 spiro atoms. The van der Waals surface area contributed by atoms with Crippen molar-refractivity contribution in [1.29, 1.82) is 0 Å². The molecule has 2 aromatic carbocycles. The summed E-state index contributed by atoms with van der Waals surface area (Å²) in [5.74, 6) is 0.997. The third kappa shape index (κ3) is 4.21. The Bertz CT molecular complexity index is 829. The molecule has 1 fully saturated rings. The summed E-state index contributed by atoms with van der Waals surface area (Å²) in [5, 5.41) is 0. The maximum absolute atomic E-state index is 13.2. The topological polar surface area (TPSA) is 48.0 Å². The predicted octanol–water partition coefficient (Wildman–Crippen LogP) is 3.56. The molecule has 0 aliphatic carbocycles. The number of fused-ring (bicyclic) bond motifs is 1. The van der Waals surface area contributed by atoms with Gasteiger partial charge < -0.3 is 19.1 Å². The Kier molecular flexibility index (Phi) is 5.93. The SMILES string of the molecule is COCCN(C[C@@H]1CCCO1)C(=O)c1cccc(-c2ccc3c(c2)CCO3)c1. The summed E-state index contributed by atoms with van der Waals surface area (Å²) in [6.07, 6.45) is 3.14. The van der Waals surface area contributed by atoms with Gasteiger partial charge in [0.15, 0.2) is 0 Å². The van der Waals surface area contributed by atoms with Crippen molar-refractivity contribution in [3.8, 4) is 16.9 Å². The van der Waals surface area contributed by atoms with Crippen LogP contribution >= 0.6 is 0 Å². The molecule has 2 aromatic rings. The molecule has 0 aromatic heterocycles. The van der Waals surface area contributed by atoms with Crippen molar-refractivity contribution in [3.63, 3.8) is 0 Å². The van der Waals surface area contributed by atoms with E-state index in [2.05, 4.69) is 12.1 Å². The third-order valence-electron chi connectivity index (χ3n) is 5.43. The van der Waals surface area contributed by atoms with E-state index in [0.717, 1.165) is 49.4 Å². The second-order valence-corrected chi connectivity index (χ2v) is 7.38.